The van der Waals surface area contributed by atoms with Crippen molar-refractivity contribution < 1.29 is 9.90 Å². The summed E-state index contributed by atoms with van der Waals surface area (Å²) in [5, 5.41) is 9.07. The minimum Gasteiger partial charge on any atom is -0.481 e. The summed E-state index contributed by atoms with van der Waals surface area (Å²) in [6.45, 7) is 0. The van der Waals surface area contributed by atoms with Gasteiger partial charge in [-0.15, -0.1) is 0 Å². The number of aliphatic carboxylic acids is 1. The second-order valence-electron chi connectivity index (χ2n) is 5.44. The van der Waals surface area contributed by atoms with Crippen molar-refractivity contribution in [3.05, 3.63) is 60.2 Å². The van der Waals surface area contributed by atoms with Gasteiger partial charge in [0.1, 0.15) is 0 Å². The van der Waals surface area contributed by atoms with E-state index in [4.69, 9.17) is 5.11 Å². The summed E-state index contributed by atoms with van der Waals surface area (Å²) in [5.41, 5.74) is 3.53. The molecule has 21 heavy (non-hydrogen) atoms. The van der Waals surface area contributed by atoms with Gasteiger partial charge < -0.3 is 10.0 Å². The first-order valence-corrected chi connectivity index (χ1v) is 7.09. The van der Waals surface area contributed by atoms with Crippen molar-refractivity contribution in [1.29, 1.82) is 0 Å². The minimum atomic E-state index is -0.758. The lowest BCUT2D eigenvalue weighted by Crippen LogP contribution is -2.32. The highest BCUT2D eigenvalue weighted by Gasteiger charge is 2.17. The zero-order valence-corrected chi connectivity index (χ0v) is 12.5. The van der Waals surface area contributed by atoms with Crippen LogP contribution < -0.4 is 0 Å². The fraction of sp³-hybridized carbons (Fsp3) is 0.278. The third-order valence-corrected chi connectivity index (χ3v) is 3.70. The lowest BCUT2D eigenvalue weighted by atomic mass is 9.94. The largest absolute Gasteiger partial charge is 0.481 e. The Morgan fingerprint density at radius 3 is 2.29 bits per heavy atom. The van der Waals surface area contributed by atoms with E-state index in [-0.39, 0.29) is 12.5 Å². The van der Waals surface area contributed by atoms with Crippen LogP contribution >= 0.6 is 0 Å². The molecule has 2 aromatic rings. The van der Waals surface area contributed by atoms with Crippen molar-refractivity contribution in [3.63, 3.8) is 0 Å². The summed E-state index contributed by atoms with van der Waals surface area (Å²) in [6.07, 6.45) is 0.875. The second kappa shape index (κ2) is 7.04. The molecule has 110 valence electrons. The topological polar surface area (TPSA) is 40.5 Å². The van der Waals surface area contributed by atoms with E-state index >= 15 is 0 Å². The maximum atomic E-state index is 11.0. The van der Waals surface area contributed by atoms with Crippen molar-refractivity contribution >= 4 is 5.97 Å². The number of hydrogen-bond donors (Lipinski definition) is 1. The van der Waals surface area contributed by atoms with Crippen LogP contribution in [0.4, 0.5) is 0 Å². The molecule has 2 aromatic carbocycles. The quantitative estimate of drug-likeness (QED) is 0.884. The van der Waals surface area contributed by atoms with E-state index in [2.05, 4.69) is 24.3 Å². The molecule has 0 aliphatic heterocycles. The zero-order valence-electron chi connectivity index (χ0n) is 12.5. The van der Waals surface area contributed by atoms with Crippen molar-refractivity contribution in [2.24, 2.45) is 0 Å². The molecule has 0 aromatic heterocycles. The molecule has 2 rings (SSSR count). The number of rotatable bonds is 6. The minimum absolute atomic E-state index is 0.00707. The fourth-order valence-corrected chi connectivity index (χ4v) is 2.49. The molecule has 0 amide bonds. The second-order valence-corrected chi connectivity index (χ2v) is 5.44. The van der Waals surface area contributed by atoms with E-state index in [0.717, 1.165) is 6.42 Å². The Hall–Kier alpha value is -2.13. The van der Waals surface area contributed by atoms with E-state index < -0.39 is 5.97 Å². The van der Waals surface area contributed by atoms with Gasteiger partial charge in [-0.25, -0.2) is 0 Å². The monoisotopic (exact) mass is 283 g/mol. The van der Waals surface area contributed by atoms with Crippen LogP contribution in [0.5, 0.6) is 0 Å². The third-order valence-electron chi connectivity index (χ3n) is 3.70. The molecule has 1 atom stereocenters. The molecular formula is C18H21NO2. The van der Waals surface area contributed by atoms with Crippen molar-refractivity contribution in [2.45, 2.75) is 18.9 Å². The first-order chi connectivity index (χ1) is 10.1. The van der Waals surface area contributed by atoms with E-state index in [0.29, 0.717) is 0 Å². The van der Waals surface area contributed by atoms with Crippen molar-refractivity contribution in [3.8, 4) is 11.1 Å². The van der Waals surface area contributed by atoms with Gasteiger partial charge >= 0.3 is 5.97 Å². The molecule has 0 bridgehead atoms. The molecule has 0 aliphatic carbocycles. The van der Waals surface area contributed by atoms with E-state index in [1.54, 1.807) is 0 Å². The molecule has 3 nitrogen and oxygen atoms in total. The lowest BCUT2D eigenvalue weighted by molar-refractivity contribution is -0.138. The van der Waals surface area contributed by atoms with Gasteiger partial charge in [0, 0.05) is 6.04 Å². The van der Waals surface area contributed by atoms with Crippen LogP contribution in [-0.4, -0.2) is 36.1 Å². The number of nitrogens with zero attached hydrogens (tertiary/aromatic N) is 1. The van der Waals surface area contributed by atoms with E-state index in [1.807, 2.05) is 49.3 Å². The van der Waals surface area contributed by atoms with Gasteiger partial charge in [-0.3, -0.25) is 4.79 Å². The van der Waals surface area contributed by atoms with Crippen molar-refractivity contribution in [1.82, 2.24) is 4.90 Å². The Bertz CT molecular complexity index is 593. The Morgan fingerprint density at radius 1 is 1.05 bits per heavy atom. The summed E-state index contributed by atoms with van der Waals surface area (Å²) in [7, 11) is 3.86. The zero-order chi connectivity index (χ0) is 15.2. The maximum absolute atomic E-state index is 11.0. The van der Waals surface area contributed by atoms with Crippen LogP contribution in [-0.2, 0) is 11.2 Å². The summed E-state index contributed by atoms with van der Waals surface area (Å²) < 4.78 is 0. The van der Waals surface area contributed by atoms with Gasteiger partial charge in [-0.2, -0.15) is 0 Å². The fourth-order valence-electron chi connectivity index (χ4n) is 2.49. The summed E-state index contributed by atoms with van der Waals surface area (Å²) >= 11 is 0. The Morgan fingerprint density at radius 2 is 1.67 bits per heavy atom. The highest BCUT2D eigenvalue weighted by atomic mass is 16.4. The number of carboxylic acids is 1. The Labute approximate surface area is 125 Å². The van der Waals surface area contributed by atoms with Crippen LogP contribution in [0.15, 0.2) is 54.6 Å². The van der Waals surface area contributed by atoms with Crippen LogP contribution in [0.1, 0.15) is 12.0 Å². The van der Waals surface area contributed by atoms with Crippen LogP contribution in [0, 0.1) is 0 Å². The molecule has 0 spiro atoms. The number of carboxylic acid groups (broad SMARTS) is 1. The maximum Gasteiger partial charge on any atom is 0.304 e. The highest BCUT2D eigenvalue weighted by molar-refractivity contribution is 5.69. The van der Waals surface area contributed by atoms with Gasteiger partial charge in [0.05, 0.1) is 6.42 Å². The Kier molecular flexibility index (Phi) is 5.12. The third kappa shape index (κ3) is 4.17. The first kappa shape index (κ1) is 15.3. The molecular weight excluding hydrogens is 262 g/mol. The first-order valence-electron chi connectivity index (χ1n) is 7.09. The number of benzene rings is 2. The highest BCUT2D eigenvalue weighted by Crippen LogP contribution is 2.25. The standard InChI is InChI=1S/C18H21NO2/c1-19(2)16(13-18(20)21)12-15-10-6-7-11-17(15)14-8-4-3-5-9-14/h3-11,16H,12-13H2,1-2H3,(H,20,21). The number of likely N-dealkylation sites (N-methyl/N-ethyl adjacent to an activating group) is 1. The SMILES string of the molecule is CN(C)C(CC(=O)O)Cc1ccccc1-c1ccccc1. The van der Waals surface area contributed by atoms with Crippen LogP contribution in [0.25, 0.3) is 11.1 Å². The van der Waals surface area contributed by atoms with Gasteiger partial charge in [0.15, 0.2) is 0 Å². The van der Waals surface area contributed by atoms with Gasteiger partial charge in [-0.1, -0.05) is 54.6 Å². The average Bonchev–Trinajstić information content (AvgIpc) is 2.47. The van der Waals surface area contributed by atoms with Gasteiger partial charge in [0.25, 0.3) is 0 Å². The summed E-state index contributed by atoms with van der Waals surface area (Å²) in [5.74, 6) is -0.758. The molecule has 0 heterocycles. The number of hydrogen-bond acceptors (Lipinski definition) is 2. The molecule has 0 fully saturated rings. The number of carbonyl (C=O) groups is 1. The summed E-state index contributed by atoms with van der Waals surface area (Å²) in [4.78, 5) is 13.0. The molecule has 0 saturated carbocycles. The average molecular weight is 283 g/mol. The summed E-state index contributed by atoms with van der Waals surface area (Å²) in [6, 6.07) is 18.4. The predicted molar refractivity (Wildman–Crippen MR) is 85.3 cm³/mol. The van der Waals surface area contributed by atoms with Gasteiger partial charge in [0.2, 0.25) is 0 Å². The smallest absolute Gasteiger partial charge is 0.304 e. The predicted octanol–water partition coefficient (Wildman–Crippen LogP) is 3.30. The van der Waals surface area contributed by atoms with Crippen molar-refractivity contribution in [2.75, 3.05) is 14.1 Å². The normalized spacial score (nSPS) is 12.3. The van der Waals surface area contributed by atoms with E-state index in [1.165, 1.54) is 16.7 Å². The van der Waals surface area contributed by atoms with Gasteiger partial charge in [-0.05, 0) is 37.2 Å². The van der Waals surface area contributed by atoms with Crippen LogP contribution in [0.3, 0.4) is 0 Å². The Balaban J connectivity index is 2.30. The lowest BCUT2D eigenvalue weighted by Gasteiger charge is -2.24. The molecule has 0 aliphatic rings. The van der Waals surface area contributed by atoms with Crippen LogP contribution in [0.2, 0.25) is 0 Å². The molecule has 3 heteroatoms. The molecule has 1 N–H and O–H groups in total. The molecule has 0 radical (unpaired) electrons. The molecule has 0 saturated heterocycles. The molecule has 1 unspecified atom stereocenters. The van der Waals surface area contributed by atoms with E-state index in [9.17, 15) is 4.79 Å².